The van der Waals surface area contributed by atoms with Crippen LogP contribution in [0.5, 0.6) is 0 Å². The zero-order chi connectivity index (χ0) is 11.2. The number of alkyl halides is 1. The van der Waals surface area contributed by atoms with Gasteiger partial charge in [0.05, 0.1) is 6.61 Å². The molecule has 14 heavy (non-hydrogen) atoms. The first-order valence-corrected chi connectivity index (χ1v) is 6.62. The fourth-order valence-corrected chi connectivity index (χ4v) is 1.96. The highest BCUT2D eigenvalue weighted by molar-refractivity contribution is 9.09. The van der Waals surface area contributed by atoms with Crippen LogP contribution in [0.2, 0.25) is 0 Å². The third kappa shape index (κ3) is 7.81. The summed E-state index contributed by atoms with van der Waals surface area (Å²) in [5, 5.41) is 1.04. The van der Waals surface area contributed by atoms with E-state index in [0.29, 0.717) is 17.3 Å². The first kappa shape index (κ1) is 14.4. The summed E-state index contributed by atoms with van der Waals surface area (Å²) in [5.74, 6) is 1.35. The van der Waals surface area contributed by atoms with Crippen LogP contribution in [0.4, 0.5) is 0 Å². The first-order valence-electron chi connectivity index (χ1n) is 5.50. The molecule has 0 radical (unpaired) electrons. The lowest BCUT2D eigenvalue weighted by Gasteiger charge is -2.21. The topological polar surface area (TPSA) is 9.23 Å². The van der Waals surface area contributed by atoms with Crippen molar-refractivity contribution in [3.63, 3.8) is 0 Å². The Balaban J connectivity index is 3.52. The predicted octanol–water partition coefficient (Wildman–Crippen LogP) is 4.11. The van der Waals surface area contributed by atoms with Gasteiger partial charge in [-0.25, -0.2) is 0 Å². The second-order valence-electron chi connectivity index (χ2n) is 5.54. The highest BCUT2D eigenvalue weighted by Crippen LogP contribution is 2.19. The van der Waals surface area contributed by atoms with Crippen LogP contribution in [0.25, 0.3) is 0 Å². The maximum absolute atomic E-state index is 5.69. The fourth-order valence-electron chi connectivity index (χ4n) is 1.03. The Bertz CT molecular complexity index is 138. The van der Waals surface area contributed by atoms with Gasteiger partial charge >= 0.3 is 0 Å². The molecule has 2 heteroatoms. The minimum absolute atomic E-state index is 0.391. The maximum Gasteiger partial charge on any atom is 0.0504 e. The van der Waals surface area contributed by atoms with E-state index in [2.05, 4.69) is 50.5 Å². The van der Waals surface area contributed by atoms with E-state index in [1.54, 1.807) is 0 Å². The Morgan fingerprint density at radius 1 is 1.21 bits per heavy atom. The van der Waals surface area contributed by atoms with Gasteiger partial charge in [0.15, 0.2) is 0 Å². The molecule has 0 saturated heterocycles. The average molecular weight is 265 g/mol. The van der Waals surface area contributed by atoms with Crippen LogP contribution in [-0.4, -0.2) is 18.5 Å². The molecule has 0 aliphatic rings. The summed E-state index contributed by atoms with van der Waals surface area (Å²) < 4.78 is 5.69. The smallest absolute Gasteiger partial charge is 0.0504 e. The number of hydrogen-bond acceptors (Lipinski definition) is 1. The molecule has 0 aromatic heterocycles. The van der Waals surface area contributed by atoms with Gasteiger partial charge in [0.1, 0.15) is 0 Å². The van der Waals surface area contributed by atoms with Crippen LogP contribution >= 0.6 is 15.9 Å². The molecule has 1 nitrogen and oxygen atoms in total. The molecule has 0 heterocycles. The molecule has 0 saturated carbocycles. The summed E-state index contributed by atoms with van der Waals surface area (Å²) in [6.45, 7) is 13.0. The second-order valence-corrected chi connectivity index (χ2v) is 6.19. The number of hydrogen-bond donors (Lipinski definition) is 0. The molecule has 86 valence electrons. The lowest BCUT2D eigenvalue weighted by molar-refractivity contribution is 0.0737. The summed E-state index contributed by atoms with van der Waals surface area (Å²) in [4.78, 5) is 0. The van der Waals surface area contributed by atoms with Gasteiger partial charge in [-0.1, -0.05) is 50.5 Å². The second kappa shape index (κ2) is 6.84. The largest absolute Gasteiger partial charge is 0.381 e. The van der Waals surface area contributed by atoms with E-state index >= 15 is 0 Å². The van der Waals surface area contributed by atoms with Crippen molar-refractivity contribution in [3.05, 3.63) is 0 Å². The summed E-state index contributed by atoms with van der Waals surface area (Å²) in [6, 6.07) is 0. The SMILES string of the molecule is CC(C)C(CBr)COCCC(C)(C)C. The Hall–Kier alpha value is 0.440. The zero-order valence-corrected chi connectivity index (χ0v) is 11.9. The van der Waals surface area contributed by atoms with Gasteiger partial charge in [-0.2, -0.15) is 0 Å². The molecule has 0 rings (SSSR count). The van der Waals surface area contributed by atoms with Gasteiger partial charge in [0, 0.05) is 11.9 Å². The van der Waals surface area contributed by atoms with E-state index in [1.165, 1.54) is 0 Å². The molecule has 0 aliphatic carbocycles. The Morgan fingerprint density at radius 3 is 2.14 bits per heavy atom. The van der Waals surface area contributed by atoms with E-state index < -0.39 is 0 Å². The standard InChI is InChI=1S/C12H25BrO/c1-10(2)11(8-13)9-14-7-6-12(3,4)5/h10-11H,6-9H2,1-5H3. The third-order valence-corrected chi connectivity index (χ3v) is 3.30. The molecule has 0 amide bonds. The lowest BCUT2D eigenvalue weighted by Crippen LogP contribution is -2.19. The normalized spacial score (nSPS) is 14.8. The van der Waals surface area contributed by atoms with Crippen LogP contribution in [-0.2, 0) is 4.74 Å². The van der Waals surface area contributed by atoms with Gasteiger partial charge in [-0.3, -0.25) is 0 Å². The maximum atomic E-state index is 5.69. The monoisotopic (exact) mass is 264 g/mol. The van der Waals surface area contributed by atoms with Gasteiger partial charge in [0.2, 0.25) is 0 Å². The van der Waals surface area contributed by atoms with Crippen LogP contribution in [0.1, 0.15) is 41.0 Å². The van der Waals surface area contributed by atoms with Crippen molar-refractivity contribution in [3.8, 4) is 0 Å². The van der Waals surface area contributed by atoms with E-state index in [0.717, 1.165) is 25.0 Å². The molecule has 0 aromatic carbocycles. The van der Waals surface area contributed by atoms with Gasteiger partial charge in [-0.15, -0.1) is 0 Å². The van der Waals surface area contributed by atoms with Crippen LogP contribution < -0.4 is 0 Å². The van der Waals surface area contributed by atoms with Crippen molar-refractivity contribution in [2.75, 3.05) is 18.5 Å². The number of ether oxygens (including phenoxy) is 1. The van der Waals surface area contributed by atoms with Crippen molar-refractivity contribution >= 4 is 15.9 Å². The molecule has 0 bridgehead atoms. The van der Waals surface area contributed by atoms with Crippen molar-refractivity contribution in [1.82, 2.24) is 0 Å². The summed E-state index contributed by atoms with van der Waals surface area (Å²) in [7, 11) is 0. The number of halogens is 1. The summed E-state index contributed by atoms with van der Waals surface area (Å²) >= 11 is 3.53. The van der Waals surface area contributed by atoms with E-state index in [-0.39, 0.29) is 0 Å². The first-order chi connectivity index (χ1) is 6.37. The van der Waals surface area contributed by atoms with Crippen molar-refractivity contribution < 1.29 is 4.74 Å². The summed E-state index contributed by atoms with van der Waals surface area (Å²) in [6.07, 6.45) is 1.14. The predicted molar refractivity (Wildman–Crippen MR) is 67.0 cm³/mol. The van der Waals surface area contributed by atoms with Crippen LogP contribution in [0.3, 0.4) is 0 Å². The molecule has 0 spiro atoms. The highest BCUT2D eigenvalue weighted by atomic mass is 79.9. The molecular formula is C12H25BrO. The molecule has 0 N–H and O–H groups in total. The molecule has 0 aromatic rings. The minimum atomic E-state index is 0.391. The van der Waals surface area contributed by atoms with E-state index in [9.17, 15) is 0 Å². The van der Waals surface area contributed by atoms with E-state index in [1.807, 2.05) is 0 Å². The highest BCUT2D eigenvalue weighted by Gasteiger charge is 2.13. The zero-order valence-electron chi connectivity index (χ0n) is 10.3. The Kier molecular flexibility index (Phi) is 7.05. The van der Waals surface area contributed by atoms with Gasteiger partial charge in [0.25, 0.3) is 0 Å². The molecule has 0 fully saturated rings. The van der Waals surface area contributed by atoms with Crippen LogP contribution in [0.15, 0.2) is 0 Å². The molecule has 1 atom stereocenters. The Labute approximate surface area is 97.7 Å². The minimum Gasteiger partial charge on any atom is -0.381 e. The van der Waals surface area contributed by atoms with E-state index in [4.69, 9.17) is 4.74 Å². The fraction of sp³-hybridized carbons (Fsp3) is 1.00. The van der Waals surface area contributed by atoms with Crippen molar-refractivity contribution in [2.24, 2.45) is 17.3 Å². The van der Waals surface area contributed by atoms with Crippen LogP contribution in [0, 0.1) is 17.3 Å². The van der Waals surface area contributed by atoms with Crippen molar-refractivity contribution in [1.29, 1.82) is 0 Å². The average Bonchev–Trinajstić information content (AvgIpc) is 2.01. The molecule has 0 aliphatic heterocycles. The third-order valence-electron chi connectivity index (χ3n) is 2.47. The Morgan fingerprint density at radius 2 is 1.79 bits per heavy atom. The van der Waals surface area contributed by atoms with Gasteiger partial charge < -0.3 is 4.74 Å². The lowest BCUT2D eigenvalue weighted by atomic mass is 9.93. The number of rotatable bonds is 6. The quantitative estimate of drug-likeness (QED) is 0.519. The van der Waals surface area contributed by atoms with Gasteiger partial charge in [-0.05, 0) is 23.7 Å². The van der Waals surface area contributed by atoms with Crippen molar-refractivity contribution in [2.45, 2.75) is 41.0 Å². The summed E-state index contributed by atoms with van der Waals surface area (Å²) in [5.41, 5.74) is 0.391. The molecular weight excluding hydrogens is 240 g/mol. The molecule has 1 unspecified atom stereocenters.